The van der Waals surface area contributed by atoms with Gasteiger partial charge >= 0.3 is 6.03 Å². The van der Waals surface area contributed by atoms with Crippen LogP contribution in [0.15, 0.2) is 42.6 Å². The molecule has 2 aromatic rings. The molecule has 0 saturated carbocycles. The minimum atomic E-state index is -0.226. The number of carbonyl (C=O) groups excluding carboxylic acids is 1. The van der Waals surface area contributed by atoms with Crippen molar-refractivity contribution in [3.63, 3.8) is 0 Å². The molecule has 0 unspecified atom stereocenters. The minimum Gasteiger partial charge on any atom is -0.375 e. The molecule has 1 aromatic carbocycles. The fourth-order valence-electron chi connectivity index (χ4n) is 1.97. The molecule has 2 amide bonds. The van der Waals surface area contributed by atoms with Crippen molar-refractivity contribution in [3.05, 3.63) is 42.6 Å². The molecule has 0 bridgehead atoms. The lowest BCUT2D eigenvalue weighted by Crippen LogP contribution is -2.31. The number of hydrogen-bond acceptors (Lipinski definition) is 3. The molecular weight excluding hydrogens is 266 g/mol. The van der Waals surface area contributed by atoms with Gasteiger partial charge in [-0.3, -0.25) is 10.00 Å². The van der Waals surface area contributed by atoms with Gasteiger partial charge < -0.3 is 10.2 Å². The second kappa shape index (κ2) is 7.33. The van der Waals surface area contributed by atoms with Crippen LogP contribution in [0.25, 0.3) is 0 Å². The standard InChI is InChI=1S/C15H21N5O/c1-19(13-7-4-3-5-8-13)11-6-10-16-15(21)17-14-9-12-20(2)18-14/h3-5,7-9,12H,6,10-11H2,1-2H3,(H2,16,17,18,21). The lowest BCUT2D eigenvalue weighted by Gasteiger charge is -2.19. The molecule has 21 heavy (non-hydrogen) atoms. The number of carbonyl (C=O) groups is 1. The number of amides is 2. The smallest absolute Gasteiger partial charge is 0.320 e. The first-order valence-electron chi connectivity index (χ1n) is 6.96. The van der Waals surface area contributed by atoms with Crippen molar-refractivity contribution in [3.8, 4) is 0 Å². The summed E-state index contributed by atoms with van der Waals surface area (Å²) in [5.74, 6) is 0.552. The van der Waals surface area contributed by atoms with E-state index in [9.17, 15) is 4.79 Å². The Kier molecular flexibility index (Phi) is 5.20. The highest BCUT2D eigenvalue weighted by atomic mass is 16.2. The molecule has 0 atom stereocenters. The number of benzene rings is 1. The van der Waals surface area contributed by atoms with Crippen molar-refractivity contribution in [2.75, 3.05) is 30.4 Å². The van der Waals surface area contributed by atoms with E-state index in [4.69, 9.17) is 0 Å². The van der Waals surface area contributed by atoms with Gasteiger partial charge in [0.25, 0.3) is 0 Å². The number of nitrogens with one attached hydrogen (secondary N) is 2. The molecule has 6 heteroatoms. The lowest BCUT2D eigenvalue weighted by molar-refractivity contribution is 0.252. The van der Waals surface area contributed by atoms with E-state index in [1.54, 1.807) is 16.9 Å². The summed E-state index contributed by atoms with van der Waals surface area (Å²) >= 11 is 0. The fraction of sp³-hybridized carbons (Fsp3) is 0.333. The molecule has 0 saturated heterocycles. The molecule has 1 heterocycles. The highest BCUT2D eigenvalue weighted by Gasteiger charge is 2.04. The zero-order chi connectivity index (χ0) is 15.1. The Balaban J connectivity index is 1.64. The van der Waals surface area contributed by atoms with Crippen molar-refractivity contribution < 1.29 is 4.79 Å². The average Bonchev–Trinajstić information content (AvgIpc) is 2.89. The number of urea groups is 1. The van der Waals surface area contributed by atoms with E-state index in [2.05, 4.69) is 32.8 Å². The van der Waals surface area contributed by atoms with Gasteiger partial charge in [-0.25, -0.2) is 4.79 Å². The Morgan fingerprint density at radius 3 is 2.71 bits per heavy atom. The van der Waals surface area contributed by atoms with Crippen molar-refractivity contribution in [2.24, 2.45) is 7.05 Å². The summed E-state index contributed by atoms with van der Waals surface area (Å²) in [5, 5.41) is 9.59. The van der Waals surface area contributed by atoms with E-state index in [-0.39, 0.29) is 6.03 Å². The summed E-state index contributed by atoms with van der Waals surface area (Å²) in [4.78, 5) is 13.8. The van der Waals surface area contributed by atoms with Crippen LogP contribution in [0, 0.1) is 0 Å². The fourth-order valence-corrected chi connectivity index (χ4v) is 1.97. The molecule has 0 fully saturated rings. The number of nitrogens with zero attached hydrogens (tertiary/aromatic N) is 3. The SMILES string of the molecule is CN(CCCNC(=O)Nc1ccn(C)n1)c1ccccc1. The molecule has 0 aliphatic heterocycles. The maximum Gasteiger partial charge on any atom is 0.320 e. The van der Waals surface area contributed by atoms with Gasteiger partial charge in [0.1, 0.15) is 0 Å². The molecule has 1 aromatic heterocycles. The predicted octanol–water partition coefficient (Wildman–Crippen LogP) is 2.07. The molecule has 2 rings (SSSR count). The summed E-state index contributed by atoms with van der Waals surface area (Å²) in [6, 6.07) is 11.7. The number of para-hydroxylation sites is 1. The summed E-state index contributed by atoms with van der Waals surface area (Å²) in [7, 11) is 3.85. The van der Waals surface area contributed by atoms with E-state index in [0.717, 1.165) is 13.0 Å². The molecule has 0 aliphatic rings. The van der Waals surface area contributed by atoms with Crippen molar-refractivity contribution in [1.82, 2.24) is 15.1 Å². The first kappa shape index (κ1) is 14.9. The van der Waals surface area contributed by atoms with Crippen LogP contribution in [0.4, 0.5) is 16.3 Å². The Morgan fingerprint density at radius 1 is 1.29 bits per heavy atom. The highest BCUT2D eigenvalue weighted by Crippen LogP contribution is 2.10. The van der Waals surface area contributed by atoms with Gasteiger partial charge in [-0.15, -0.1) is 0 Å². The molecule has 0 aliphatic carbocycles. The van der Waals surface area contributed by atoms with E-state index in [1.807, 2.05) is 32.3 Å². The first-order valence-corrected chi connectivity index (χ1v) is 6.96. The van der Waals surface area contributed by atoms with Crippen LogP contribution in [0.3, 0.4) is 0 Å². The van der Waals surface area contributed by atoms with E-state index < -0.39 is 0 Å². The summed E-state index contributed by atoms with van der Waals surface area (Å²) in [5.41, 5.74) is 1.18. The van der Waals surface area contributed by atoms with Crippen LogP contribution in [0.2, 0.25) is 0 Å². The third kappa shape index (κ3) is 4.83. The minimum absolute atomic E-state index is 0.226. The molecule has 0 spiro atoms. The van der Waals surface area contributed by atoms with Crippen molar-refractivity contribution in [1.29, 1.82) is 0 Å². The molecule has 112 valence electrons. The Hall–Kier alpha value is -2.50. The van der Waals surface area contributed by atoms with Gasteiger partial charge in [0.15, 0.2) is 5.82 Å². The van der Waals surface area contributed by atoms with Crippen LogP contribution in [-0.4, -0.2) is 35.9 Å². The van der Waals surface area contributed by atoms with E-state index in [0.29, 0.717) is 12.4 Å². The Morgan fingerprint density at radius 2 is 2.05 bits per heavy atom. The summed E-state index contributed by atoms with van der Waals surface area (Å²) in [6.45, 7) is 1.50. The van der Waals surface area contributed by atoms with Crippen molar-refractivity contribution >= 4 is 17.5 Å². The van der Waals surface area contributed by atoms with Crippen LogP contribution in [0.5, 0.6) is 0 Å². The maximum atomic E-state index is 11.7. The van der Waals surface area contributed by atoms with Gasteiger partial charge in [0.2, 0.25) is 0 Å². The second-order valence-electron chi connectivity index (χ2n) is 4.87. The lowest BCUT2D eigenvalue weighted by atomic mass is 10.3. The predicted molar refractivity (Wildman–Crippen MR) is 84.6 cm³/mol. The van der Waals surface area contributed by atoms with E-state index in [1.165, 1.54) is 5.69 Å². The molecular formula is C15H21N5O. The number of anilines is 2. The van der Waals surface area contributed by atoms with Gasteiger partial charge in [-0.05, 0) is 18.6 Å². The normalized spacial score (nSPS) is 10.2. The zero-order valence-electron chi connectivity index (χ0n) is 12.4. The first-order chi connectivity index (χ1) is 10.1. The maximum absolute atomic E-state index is 11.7. The monoisotopic (exact) mass is 287 g/mol. The van der Waals surface area contributed by atoms with Crippen LogP contribution in [-0.2, 0) is 7.05 Å². The number of rotatable bonds is 6. The third-order valence-corrected chi connectivity index (χ3v) is 3.11. The van der Waals surface area contributed by atoms with Gasteiger partial charge in [-0.2, -0.15) is 5.10 Å². The van der Waals surface area contributed by atoms with Crippen molar-refractivity contribution in [2.45, 2.75) is 6.42 Å². The van der Waals surface area contributed by atoms with E-state index >= 15 is 0 Å². The van der Waals surface area contributed by atoms with Gasteiger partial charge in [-0.1, -0.05) is 18.2 Å². The molecule has 6 nitrogen and oxygen atoms in total. The van der Waals surface area contributed by atoms with Crippen LogP contribution >= 0.6 is 0 Å². The van der Waals surface area contributed by atoms with Gasteiger partial charge in [0.05, 0.1) is 0 Å². The van der Waals surface area contributed by atoms with Crippen LogP contribution in [0.1, 0.15) is 6.42 Å². The number of aryl methyl sites for hydroxylation is 1. The third-order valence-electron chi connectivity index (χ3n) is 3.11. The number of hydrogen-bond donors (Lipinski definition) is 2. The second-order valence-corrected chi connectivity index (χ2v) is 4.87. The molecule has 0 radical (unpaired) electrons. The quantitative estimate of drug-likeness (QED) is 0.800. The summed E-state index contributed by atoms with van der Waals surface area (Å²) in [6.07, 6.45) is 2.66. The topological polar surface area (TPSA) is 62.2 Å². The largest absolute Gasteiger partial charge is 0.375 e. The summed E-state index contributed by atoms with van der Waals surface area (Å²) < 4.78 is 1.64. The average molecular weight is 287 g/mol. The molecule has 2 N–H and O–H groups in total. The Labute approximate surface area is 124 Å². The number of aromatic nitrogens is 2. The van der Waals surface area contributed by atoms with Gasteiger partial charge in [0, 0.05) is 45.1 Å². The highest BCUT2D eigenvalue weighted by molar-refractivity contribution is 5.88. The Bertz CT molecular complexity index is 566. The van der Waals surface area contributed by atoms with Crippen LogP contribution < -0.4 is 15.5 Å². The zero-order valence-corrected chi connectivity index (χ0v) is 12.4.